The first kappa shape index (κ1) is 18.3. The minimum absolute atomic E-state index is 0.0985. The lowest BCUT2D eigenvalue weighted by atomic mass is 9.98. The van der Waals surface area contributed by atoms with E-state index in [2.05, 4.69) is 15.9 Å². The molecule has 2 aliphatic rings. The van der Waals surface area contributed by atoms with Gasteiger partial charge in [-0.25, -0.2) is 14.2 Å². The van der Waals surface area contributed by atoms with Gasteiger partial charge in [0.1, 0.15) is 12.2 Å². The lowest BCUT2D eigenvalue weighted by Crippen LogP contribution is -2.38. The van der Waals surface area contributed by atoms with Gasteiger partial charge in [-0.15, -0.1) is 0 Å². The molecule has 1 aromatic rings. The fraction of sp³-hybridized carbons (Fsp3) is 0.562. The minimum atomic E-state index is -0.329. The first-order valence-electron chi connectivity index (χ1n) is 7.87. The molecule has 132 valence electrons. The van der Waals surface area contributed by atoms with E-state index in [1.165, 1.54) is 24.3 Å². The molecule has 2 amide bonds. The van der Waals surface area contributed by atoms with E-state index in [9.17, 15) is 4.79 Å². The third-order valence-electron chi connectivity index (χ3n) is 4.82. The summed E-state index contributed by atoms with van der Waals surface area (Å²) < 4.78 is 8.42. The maximum absolute atomic E-state index is 12.7. The van der Waals surface area contributed by atoms with E-state index in [1.54, 1.807) is 13.1 Å². The van der Waals surface area contributed by atoms with Crippen molar-refractivity contribution >= 4 is 51.5 Å². The Morgan fingerprint density at radius 2 is 2.12 bits per heavy atom. The predicted molar refractivity (Wildman–Crippen MR) is 99.8 cm³/mol. The van der Waals surface area contributed by atoms with Gasteiger partial charge >= 0.3 is 6.03 Å². The van der Waals surface area contributed by atoms with Crippen molar-refractivity contribution in [1.82, 2.24) is 5.06 Å². The molecule has 0 radical (unpaired) electrons. The molecule has 5 nitrogen and oxygen atoms in total. The van der Waals surface area contributed by atoms with Crippen LogP contribution in [-0.4, -0.2) is 30.9 Å². The van der Waals surface area contributed by atoms with Gasteiger partial charge in [-0.2, -0.15) is 0 Å². The predicted octanol–water partition coefficient (Wildman–Crippen LogP) is 5.43. The van der Waals surface area contributed by atoms with E-state index in [0.29, 0.717) is 10.7 Å². The second-order valence-electron chi connectivity index (χ2n) is 6.34. The molecule has 1 aromatic carbocycles. The summed E-state index contributed by atoms with van der Waals surface area (Å²) in [5.41, 5.74) is 0.546. The van der Waals surface area contributed by atoms with E-state index >= 15 is 0 Å². The van der Waals surface area contributed by atoms with Gasteiger partial charge in [0.15, 0.2) is 0 Å². The molecule has 0 atom stereocenters. The zero-order chi connectivity index (χ0) is 17.3. The van der Waals surface area contributed by atoms with Crippen LogP contribution in [0.4, 0.5) is 10.5 Å². The van der Waals surface area contributed by atoms with Crippen molar-refractivity contribution in [3.8, 4) is 0 Å². The number of hydrogen-bond acceptors (Lipinski definition) is 4. The Labute approximate surface area is 160 Å². The van der Waals surface area contributed by atoms with Gasteiger partial charge < -0.3 is 0 Å². The molecular formula is C16H20BrClN2O3S. The van der Waals surface area contributed by atoms with E-state index < -0.39 is 0 Å². The number of carbonyl (C=O) groups is 1. The summed E-state index contributed by atoms with van der Waals surface area (Å²) in [6.07, 6.45) is 5.65. The van der Waals surface area contributed by atoms with Gasteiger partial charge in [-0.1, -0.05) is 11.6 Å². The smallest absolute Gasteiger partial charge is 0.290 e. The van der Waals surface area contributed by atoms with Gasteiger partial charge in [0.2, 0.25) is 0 Å². The largest absolute Gasteiger partial charge is 0.360 e. The number of urea groups is 1. The van der Waals surface area contributed by atoms with E-state index in [0.717, 1.165) is 46.9 Å². The standard InChI is InChI=1S/C16H20BrClN2O3S/c1-19(22-2)15(21)20(12-3-4-13(17)14(18)9-12)24-23-16-7-5-11(10-16)6-8-16/h3-4,9,11H,5-8,10H2,1-2H3. The van der Waals surface area contributed by atoms with Crippen molar-refractivity contribution in [2.24, 2.45) is 5.92 Å². The van der Waals surface area contributed by atoms with Crippen molar-refractivity contribution in [2.45, 2.75) is 37.7 Å². The van der Waals surface area contributed by atoms with Crippen LogP contribution in [0.15, 0.2) is 22.7 Å². The van der Waals surface area contributed by atoms with Gasteiger partial charge in [0, 0.05) is 11.5 Å². The average Bonchev–Trinajstić information content (AvgIpc) is 3.18. The second-order valence-corrected chi connectivity index (χ2v) is 8.29. The van der Waals surface area contributed by atoms with Crippen LogP contribution in [0.3, 0.4) is 0 Å². The van der Waals surface area contributed by atoms with Gasteiger partial charge in [-0.05, 0) is 72.2 Å². The number of anilines is 1. The third-order valence-corrected chi connectivity index (χ3v) is 7.00. The highest BCUT2D eigenvalue weighted by Crippen LogP contribution is 2.52. The van der Waals surface area contributed by atoms with Crippen molar-refractivity contribution in [2.75, 3.05) is 18.5 Å². The molecule has 0 saturated heterocycles. The van der Waals surface area contributed by atoms with Gasteiger partial charge in [0.25, 0.3) is 0 Å². The minimum Gasteiger partial charge on any atom is -0.290 e. The molecule has 2 fully saturated rings. The molecule has 0 unspecified atom stereocenters. The summed E-state index contributed by atoms with van der Waals surface area (Å²) in [7, 11) is 3.02. The molecule has 8 heteroatoms. The Kier molecular flexibility index (Phi) is 5.66. The Morgan fingerprint density at radius 3 is 2.67 bits per heavy atom. The quantitative estimate of drug-likeness (QED) is 0.351. The van der Waals surface area contributed by atoms with Gasteiger partial charge in [-0.3, -0.25) is 9.02 Å². The van der Waals surface area contributed by atoms with Crippen LogP contribution >= 0.6 is 39.8 Å². The van der Waals surface area contributed by atoms with Crippen LogP contribution in [0.1, 0.15) is 32.1 Å². The average molecular weight is 436 g/mol. The lowest BCUT2D eigenvalue weighted by Gasteiger charge is -2.30. The highest BCUT2D eigenvalue weighted by molar-refractivity contribution is 9.10. The van der Waals surface area contributed by atoms with Crippen LogP contribution in [0.5, 0.6) is 0 Å². The van der Waals surface area contributed by atoms with Crippen molar-refractivity contribution in [3.05, 3.63) is 27.7 Å². The number of carbonyl (C=O) groups excluding carboxylic acids is 1. The zero-order valence-corrected chi connectivity index (χ0v) is 16.8. The van der Waals surface area contributed by atoms with Crippen molar-refractivity contribution in [1.29, 1.82) is 0 Å². The molecule has 2 aliphatic carbocycles. The summed E-state index contributed by atoms with van der Waals surface area (Å²) in [6, 6.07) is 5.03. The SMILES string of the molecule is CON(C)C(=O)N(SOC12CCC(CC1)C2)c1ccc(Br)c(Cl)c1. The van der Waals surface area contributed by atoms with E-state index in [4.69, 9.17) is 20.6 Å². The molecule has 0 aliphatic heterocycles. The molecule has 2 bridgehead atoms. The number of amides is 2. The number of hydrogen-bond donors (Lipinski definition) is 0. The summed E-state index contributed by atoms with van der Waals surface area (Å²) in [5, 5.41) is 1.70. The Morgan fingerprint density at radius 1 is 1.42 bits per heavy atom. The molecule has 3 rings (SSSR count). The molecule has 0 heterocycles. The molecule has 0 N–H and O–H groups in total. The normalized spacial score (nSPS) is 25.1. The monoisotopic (exact) mass is 434 g/mol. The van der Waals surface area contributed by atoms with Gasteiger partial charge in [0.05, 0.1) is 23.4 Å². The topological polar surface area (TPSA) is 42.0 Å². The fourth-order valence-corrected chi connectivity index (χ4v) is 4.64. The molecule has 0 spiro atoms. The maximum Gasteiger partial charge on any atom is 0.360 e. The van der Waals surface area contributed by atoms with Crippen molar-refractivity contribution in [3.63, 3.8) is 0 Å². The molecule has 2 saturated carbocycles. The van der Waals surface area contributed by atoms with Crippen LogP contribution in [0.25, 0.3) is 0 Å². The summed E-state index contributed by atoms with van der Waals surface area (Å²) in [6.45, 7) is 0. The highest BCUT2D eigenvalue weighted by atomic mass is 79.9. The highest BCUT2D eigenvalue weighted by Gasteiger charge is 2.47. The van der Waals surface area contributed by atoms with Crippen LogP contribution in [0, 0.1) is 5.92 Å². The molecule has 0 aromatic heterocycles. The van der Waals surface area contributed by atoms with Crippen LogP contribution < -0.4 is 4.31 Å². The van der Waals surface area contributed by atoms with Crippen molar-refractivity contribution < 1.29 is 13.8 Å². The summed E-state index contributed by atoms with van der Waals surface area (Å²) in [4.78, 5) is 17.7. The third kappa shape index (κ3) is 3.70. The summed E-state index contributed by atoms with van der Waals surface area (Å²) >= 11 is 10.6. The molecular weight excluding hydrogens is 416 g/mol. The van der Waals surface area contributed by atoms with Crippen LogP contribution in [-0.2, 0) is 9.02 Å². The first-order chi connectivity index (χ1) is 11.4. The number of nitrogens with zero attached hydrogens (tertiary/aromatic N) is 2. The maximum atomic E-state index is 12.7. The first-order valence-corrected chi connectivity index (χ1v) is 9.74. The number of fused-ring (bicyclic) bond motifs is 2. The summed E-state index contributed by atoms with van der Waals surface area (Å²) in [5.74, 6) is 0.776. The second kappa shape index (κ2) is 7.41. The van der Waals surface area contributed by atoms with E-state index in [-0.39, 0.29) is 11.6 Å². The lowest BCUT2D eigenvalue weighted by molar-refractivity contribution is -0.0611. The number of benzene rings is 1. The number of halogens is 2. The molecule has 24 heavy (non-hydrogen) atoms. The number of hydroxylamine groups is 2. The Bertz CT molecular complexity index is 625. The fourth-order valence-electron chi connectivity index (χ4n) is 3.37. The van der Waals surface area contributed by atoms with Crippen LogP contribution in [0.2, 0.25) is 5.02 Å². The number of rotatable bonds is 5. The van der Waals surface area contributed by atoms with E-state index in [1.807, 2.05) is 12.1 Å². The Hall–Kier alpha value is -0.470. The Balaban J connectivity index is 1.79. The zero-order valence-electron chi connectivity index (χ0n) is 13.6.